The van der Waals surface area contributed by atoms with Gasteiger partial charge in [0.25, 0.3) is 0 Å². The average Bonchev–Trinajstić information content (AvgIpc) is 3.06. The first-order valence-corrected chi connectivity index (χ1v) is 8.40. The van der Waals surface area contributed by atoms with E-state index in [0.29, 0.717) is 27.1 Å². The van der Waals surface area contributed by atoms with Crippen LogP contribution < -0.4 is 4.74 Å². The molecule has 0 radical (unpaired) electrons. The number of nitrogens with zero attached hydrogens (tertiary/aromatic N) is 3. The first-order valence-electron chi connectivity index (χ1n) is 7.64. The van der Waals surface area contributed by atoms with Gasteiger partial charge in [-0.1, -0.05) is 29.3 Å². The van der Waals surface area contributed by atoms with Crippen molar-refractivity contribution in [3.8, 4) is 11.5 Å². The van der Waals surface area contributed by atoms with Crippen molar-refractivity contribution >= 4 is 23.2 Å². The van der Waals surface area contributed by atoms with E-state index in [1.54, 1.807) is 54.3 Å². The largest absolute Gasteiger partial charge is 0.457 e. The van der Waals surface area contributed by atoms with Crippen LogP contribution in [0.2, 0.25) is 10.0 Å². The Labute approximate surface area is 155 Å². The van der Waals surface area contributed by atoms with E-state index in [2.05, 4.69) is 10.1 Å². The van der Waals surface area contributed by atoms with E-state index in [1.807, 2.05) is 6.92 Å². The fraction of sp³-hybridized carbons (Fsp3) is 0.222. The molecule has 7 heteroatoms. The van der Waals surface area contributed by atoms with Crippen LogP contribution in [-0.4, -0.2) is 19.9 Å². The second kappa shape index (κ2) is 7.04. The van der Waals surface area contributed by atoms with Crippen molar-refractivity contribution in [2.24, 2.45) is 0 Å². The molecule has 130 valence electrons. The second-order valence-electron chi connectivity index (χ2n) is 5.97. The lowest BCUT2D eigenvalue weighted by molar-refractivity contribution is 0.0345. The topological polar surface area (TPSA) is 60.2 Å². The van der Waals surface area contributed by atoms with Crippen molar-refractivity contribution in [3.63, 3.8) is 0 Å². The Balaban J connectivity index is 1.88. The standard InChI is InChI=1S/C18H17Cl2N3O2/c1-12-16(25-14-5-3-13(19)4-6-14)8-7-15(17(12)20)18(2,24)9-23-11-21-10-22-23/h3-8,10-11,24H,9H2,1-2H3. The molecular formula is C18H17Cl2N3O2. The van der Waals surface area contributed by atoms with E-state index < -0.39 is 5.60 Å². The molecule has 1 aromatic heterocycles. The van der Waals surface area contributed by atoms with Gasteiger partial charge in [-0.15, -0.1) is 0 Å². The van der Waals surface area contributed by atoms with Gasteiger partial charge in [0.1, 0.15) is 29.8 Å². The lowest BCUT2D eigenvalue weighted by Gasteiger charge is -2.26. The normalized spacial score (nSPS) is 13.5. The number of hydrogen-bond acceptors (Lipinski definition) is 4. The van der Waals surface area contributed by atoms with Gasteiger partial charge in [-0.2, -0.15) is 5.10 Å². The first-order chi connectivity index (χ1) is 11.9. The third-order valence-electron chi connectivity index (χ3n) is 3.89. The predicted octanol–water partition coefficient (Wildman–Crippen LogP) is 4.59. The lowest BCUT2D eigenvalue weighted by Crippen LogP contribution is -2.28. The van der Waals surface area contributed by atoms with Crippen molar-refractivity contribution in [3.05, 3.63) is 70.2 Å². The summed E-state index contributed by atoms with van der Waals surface area (Å²) in [4.78, 5) is 3.89. The molecule has 1 atom stereocenters. The van der Waals surface area contributed by atoms with E-state index in [9.17, 15) is 5.11 Å². The summed E-state index contributed by atoms with van der Waals surface area (Å²) < 4.78 is 7.43. The van der Waals surface area contributed by atoms with Crippen LogP contribution in [0.25, 0.3) is 0 Å². The quantitative estimate of drug-likeness (QED) is 0.705. The van der Waals surface area contributed by atoms with Gasteiger partial charge >= 0.3 is 0 Å². The fourth-order valence-corrected chi connectivity index (χ4v) is 3.02. The number of aliphatic hydroxyl groups is 1. The molecule has 3 aromatic rings. The average molecular weight is 378 g/mol. The van der Waals surface area contributed by atoms with Crippen LogP contribution in [0.15, 0.2) is 49.1 Å². The fourth-order valence-electron chi connectivity index (χ4n) is 2.54. The predicted molar refractivity (Wildman–Crippen MR) is 97.3 cm³/mol. The van der Waals surface area contributed by atoms with E-state index in [0.717, 1.165) is 5.56 Å². The molecule has 0 aliphatic carbocycles. The number of halogens is 2. The minimum Gasteiger partial charge on any atom is -0.457 e. The second-order valence-corrected chi connectivity index (χ2v) is 6.79. The monoisotopic (exact) mass is 377 g/mol. The van der Waals surface area contributed by atoms with Gasteiger partial charge in [-0.05, 0) is 44.2 Å². The van der Waals surface area contributed by atoms with Crippen LogP contribution in [0.5, 0.6) is 11.5 Å². The van der Waals surface area contributed by atoms with Crippen molar-refractivity contribution in [2.45, 2.75) is 26.0 Å². The van der Waals surface area contributed by atoms with Gasteiger partial charge in [0.2, 0.25) is 0 Å². The molecule has 5 nitrogen and oxygen atoms in total. The summed E-state index contributed by atoms with van der Waals surface area (Å²) in [5.41, 5.74) is 0.146. The van der Waals surface area contributed by atoms with Crippen molar-refractivity contribution in [2.75, 3.05) is 0 Å². The lowest BCUT2D eigenvalue weighted by atomic mass is 9.94. The summed E-state index contributed by atoms with van der Waals surface area (Å²) in [7, 11) is 0. The van der Waals surface area contributed by atoms with Crippen LogP contribution in [0.1, 0.15) is 18.1 Å². The highest BCUT2D eigenvalue weighted by atomic mass is 35.5. The molecule has 0 aliphatic heterocycles. The molecule has 0 amide bonds. The number of aromatic nitrogens is 3. The highest BCUT2D eigenvalue weighted by molar-refractivity contribution is 6.32. The minimum atomic E-state index is -1.20. The molecule has 2 aromatic carbocycles. The molecule has 1 unspecified atom stereocenters. The zero-order chi connectivity index (χ0) is 18.0. The van der Waals surface area contributed by atoms with Crippen molar-refractivity contribution < 1.29 is 9.84 Å². The van der Waals surface area contributed by atoms with Crippen molar-refractivity contribution in [1.29, 1.82) is 0 Å². The smallest absolute Gasteiger partial charge is 0.137 e. The molecule has 0 saturated carbocycles. The van der Waals surface area contributed by atoms with Crippen LogP contribution in [0, 0.1) is 6.92 Å². The SMILES string of the molecule is Cc1c(Oc2ccc(Cl)cc2)ccc(C(C)(O)Cn2cncn2)c1Cl. The van der Waals surface area contributed by atoms with Gasteiger partial charge in [0, 0.05) is 16.1 Å². The third kappa shape index (κ3) is 3.95. The molecule has 25 heavy (non-hydrogen) atoms. The maximum absolute atomic E-state index is 10.8. The summed E-state index contributed by atoms with van der Waals surface area (Å²) in [5, 5.41) is 16.0. The molecule has 1 heterocycles. The Kier molecular flexibility index (Phi) is 4.99. The molecule has 1 N–H and O–H groups in total. The number of ether oxygens (including phenoxy) is 1. The van der Waals surface area contributed by atoms with E-state index in [1.165, 1.54) is 6.33 Å². The number of rotatable bonds is 5. The Morgan fingerprint density at radius 3 is 2.52 bits per heavy atom. The van der Waals surface area contributed by atoms with Gasteiger partial charge in [0.05, 0.1) is 11.6 Å². The van der Waals surface area contributed by atoms with Gasteiger partial charge < -0.3 is 9.84 Å². The van der Waals surface area contributed by atoms with Gasteiger partial charge in [0.15, 0.2) is 0 Å². The summed E-state index contributed by atoms with van der Waals surface area (Å²) in [5.74, 6) is 1.28. The molecule has 3 rings (SSSR count). The molecule has 0 aliphatic rings. The van der Waals surface area contributed by atoms with E-state index >= 15 is 0 Å². The first kappa shape index (κ1) is 17.7. The van der Waals surface area contributed by atoms with E-state index in [4.69, 9.17) is 27.9 Å². The van der Waals surface area contributed by atoms with E-state index in [-0.39, 0.29) is 6.54 Å². The van der Waals surface area contributed by atoms with Crippen LogP contribution in [0.3, 0.4) is 0 Å². The molecule has 0 fully saturated rings. The minimum absolute atomic E-state index is 0.240. The Hall–Kier alpha value is -2.08. The zero-order valence-corrected chi connectivity index (χ0v) is 15.3. The zero-order valence-electron chi connectivity index (χ0n) is 13.8. The van der Waals surface area contributed by atoms with Crippen LogP contribution >= 0.6 is 23.2 Å². The highest BCUT2D eigenvalue weighted by Crippen LogP contribution is 2.37. The third-order valence-corrected chi connectivity index (χ3v) is 4.63. The summed E-state index contributed by atoms with van der Waals surface area (Å²) in [6.45, 7) is 3.78. The summed E-state index contributed by atoms with van der Waals surface area (Å²) >= 11 is 12.4. The Bertz CT molecular complexity index is 863. The summed E-state index contributed by atoms with van der Waals surface area (Å²) in [6.07, 6.45) is 2.97. The maximum atomic E-state index is 10.8. The molecule has 0 spiro atoms. The molecular weight excluding hydrogens is 361 g/mol. The Morgan fingerprint density at radius 1 is 1.16 bits per heavy atom. The van der Waals surface area contributed by atoms with Crippen LogP contribution in [-0.2, 0) is 12.1 Å². The number of benzene rings is 2. The van der Waals surface area contributed by atoms with Gasteiger partial charge in [-0.3, -0.25) is 0 Å². The maximum Gasteiger partial charge on any atom is 0.137 e. The Morgan fingerprint density at radius 2 is 1.88 bits per heavy atom. The highest BCUT2D eigenvalue weighted by Gasteiger charge is 2.28. The van der Waals surface area contributed by atoms with Gasteiger partial charge in [-0.25, -0.2) is 9.67 Å². The number of hydrogen-bond donors (Lipinski definition) is 1. The van der Waals surface area contributed by atoms with Crippen LogP contribution in [0.4, 0.5) is 0 Å². The summed E-state index contributed by atoms with van der Waals surface area (Å²) in [6, 6.07) is 10.6. The molecule has 0 saturated heterocycles. The molecule has 0 bridgehead atoms. The van der Waals surface area contributed by atoms with Crippen molar-refractivity contribution in [1.82, 2.24) is 14.8 Å².